The fourth-order valence-corrected chi connectivity index (χ4v) is 3.24. The molecule has 0 amide bonds. The van der Waals surface area contributed by atoms with Crippen LogP contribution in [-0.2, 0) is 20.8 Å². The highest BCUT2D eigenvalue weighted by Gasteiger charge is 2.37. The molecule has 0 spiro atoms. The minimum atomic E-state index is -1.29. The maximum absolute atomic E-state index is 14.9. The molecule has 2 aliphatic rings. The summed E-state index contributed by atoms with van der Waals surface area (Å²) in [4.78, 5) is 8.62. The smallest absolute Gasteiger partial charge is 0.134 e. The second-order valence-electron chi connectivity index (χ2n) is 6.57. The second kappa shape index (κ2) is 8.29. The molecule has 0 bridgehead atoms. The summed E-state index contributed by atoms with van der Waals surface area (Å²) in [5, 5.41) is 9.16. The van der Waals surface area contributed by atoms with Crippen LogP contribution in [0.15, 0.2) is 12.3 Å². The zero-order valence-electron chi connectivity index (χ0n) is 13.8. The molecule has 6 nitrogen and oxygen atoms in total. The normalized spacial score (nSPS) is 31.1. The Bertz CT molecular complexity index is 517. The summed E-state index contributed by atoms with van der Waals surface area (Å²) >= 11 is 0. The molecule has 1 aliphatic carbocycles. The van der Waals surface area contributed by atoms with Crippen molar-refractivity contribution in [2.24, 2.45) is 0 Å². The molecule has 0 aromatic carbocycles. The minimum absolute atomic E-state index is 0.0895. The highest BCUT2D eigenvalue weighted by Crippen LogP contribution is 2.39. The van der Waals surface area contributed by atoms with Crippen LogP contribution in [0.5, 0.6) is 0 Å². The average Bonchev–Trinajstić information content (AvgIpc) is 2.63. The lowest BCUT2D eigenvalue weighted by molar-refractivity contribution is -0.125. The van der Waals surface area contributed by atoms with Crippen molar-refractivity contribution in [3.8, 4) is 0 Å². The number of nitrogens with zero attached hydrogens (tertiary/aromatic N) is 2. The minimum Gasteiger partial charge on any atom is -0.390 e. The third kappa shape index (κ3) is 4.69. The molecule has 1 aromatic rings. The molecule has 3 rings (SSSR count). The Kier molecular flexibility index (Phi) is 6.10. The Balaban J connectivity index is 1.44. The third-order valence-electron chi connectivity index (χ3n) is 4.69. The van der Waals surface area contributed by atoms with Crippen molar-refractivity contribution < 1.29 is 23.7 Å². The van der Waals surface area contributed by atoms with Crippen molar-refractivity contribution in [3.63, 3.8) is 0 Å². The van der Waals surface area contributed by atoms with E-state index in [2.05, 4.69) is 9.97 Å². The zero-order chi connectivity index (χ0) is 16.8. The van der Waals surface area contributed by atoms with Crippen molar-refractivity contribution in [1.82, 2.24) is 9.97 Å². The topological polar surface area (TPSA) is 73.7 Å². The lowest BCUT2D eigenvalue weighted by atomic mass is 9.80. The number of hydrogen-bond acceptors (Lipinski definition) is 6. The van der Waals surface area contributed by atoms with Crippen molar-refractivity contribution in [2.75, 3.05) is 33.0 Å². The first-order chi connectivity index (χ1) is 11.7. The van der Waals surface area contributed by atoms with Crippen LogP contribution in [0.3, 0.4) is 0 Å². The van der Waals surface area contributed by atoms with Gasteiger partial charge in [0.2, 0.25) is 0 Å². The Morgan fingerprint density at radius 3 is 2.88 bits per heavy atom. The van der Waals surface area contributed by atoms with Crippen molar-refractivity contribution in [2.45, 2.75) is 50.0 Å². The summed E-state index contributed by atoms with van der Waals surface area (Å²) < 4.78 is 31.2. The SMILES string of the molecule is OCc1ccnc(C2CCC(F)(COC[C@@H]3COCCO3)CC2)n1. The fraction of sp³-hybridized carbons (Fsp3) is 0.765. The molecular weight excluding hydrogens is 315 g/mol. The van der Waals surface area contributed by atoms with Crippen LogP contribution in [-0.4, -0.2) is 59.9 Å². The molecule has 0 unspecified atom stereocenters. The van der Waals surface area contributed by atoms with Gasteiger partial charge >= 0.3 is 0 Å². The molecule has 1 saturated carbocycles. The van der Waals surface area contributed by atoms with Gasteiger partial charge in [-0.25, -0.2) is 14.4 Å². The van der Waals surface area contributed by atoms with Gasteiger partial charge in [0.15, 0.2) is 0 Å². The Labute approximate surface area is 141 Å². The predicted molar refractivity (Wildman–Crippen MR) is 84.4 cm³/mol. The highest BCUT2D eigenvalue weighted by molar-refractivity contribution is 5.07. The van der Waals surface area contributed by atoms with E-state index < -0.39 is 5.67 Å². The van der Waals surface area contributed by atoms with Gasteiger partial charge in [-0.1, -0.05) is 0 Å². The van der Waals surface area contributed by atoms with Crippen LogP contribution in [0.25, 0.3) is 0 Å². The van der Waals surface area contributed by atoms with Crippen LogP contribution in [0.4, 0.5) is 4.39 Å². The van der Waals surface area contributed by atoms with Gasteiger partial charge in [-0.2, -0.15) is 0 Å². The van der Waals surface area contributed by atoms with E-state index in [1.807, 2.05) is 0 Å². The van der Waals surface area contributed by atoms with Gasteiger partial charge in [-0.3, -0.25) is 0 Å². The van der Waals surface area contributed by atoms with E-state index in [9.17, 15) is 4.39 Å². The molecule has 1 aliphatic heterocycles. The van der Waals surface area contributed by atoms with E-state index in [-0.39, 0.29) is 25.2 Å². The maximum Gasteiger partial charge on any atom is 0.134 e. The molecular formula is C17H25FN2O4. The summed E-state index contributed by atoms with van der Waals surface area (Å²) in [6.45, 7) is 2.07. The van der Waals surface area contributed by atoms with Gasteiger partial charge in [0, 0.05) is 12.1 Å². The second-order valence-corrected chi connectivity index (χ2v) is 6.57. The third-order valence-corrected chi connectivity index (χ3v) is 4.69. The summed E-state index contributed by atoms with van der Waals surface area (Å²) in [7, 11) is 0. The van der Waals surface area contributed by atoms with Gasteiger partial charge in [0.1, 0.15) is 17.6 Å². The zero-order valence-corrected chi connectivity index (χ0v) is 13.8. The highest BCUT2D eigenvalue weighted by atomic mass is 19.1. The fourth-order valence-electron chi connectivity index (χ4n) is 3.24. The molecule has 2 fully saturated rings. The molecule has 2 heterocycles. The van der Waals surface area contributed by atoms with Crippen molar-refractivity contribution in [1.29, 1.82) is 0 Å². The van der Waals surface area contributed by atoms with Gasteiger partial charge in [0.05, 0.1) is 45.3 Å². The molecule has 1 saturated heterocycles. The first-order valence-corrected chi connectivity index (χ1v) is 8.57. The number of ether oxygens (including phenoxy) is 3. The molecule has 0 radical (unpaired) electrons. The number of aliphatic hydroxyl groups excluding tert-OH is 1. The molecule has 7 heteroatoms. The largest absolute Gasteiger partial charge is 0.390 e. The maximum atomic E-state index is 14.9. The summed E-state index contributed by atoms with van der Waals surface area (Å²) in [5.74, 6) is 0.854. The number of halogens is 1. The predicted octanol–water partition coefficient (Wildman–Crippen LogP) is 1.77. The first kappa shape index (κ1) is 17.7. The van der Waals surface area contributed by atoms with Gasteiger partial charge in [-0.05, 0) is 31.7 Å². The lowest BCUT2D eigenvalue weighted by Gasteiger charge is -2.33. The number of rotatable bonds is 6. The van der Waals surface area contributed by atoms with E-state index in [1.165, 1.54) is 0 Å². The Morgan fingerprint density at radius 2 is 2.17 bits per heavy atom. The van der Waals surface area contributed by atoms with Crippen LogP contribution >= 0.6 is 0 Å². The van der Waals surface area contributed by atoms with Gasteiger partial charge in [-0.15, -0.1) is 0 Å². The Hall–Kier alpha value is -1.15. The van der Waals surface area contributed by atoms with Crippen LogP contribution in [0, 0.1) is 0 Å². The van der Waals surface area contributed by atoms with E-state index in [4.69, 9.17) is 19.3 Å². The number of aliphatic hydroxyl groups is 1. The quantitative estimate of drug-likeness (QED) is 0.851. The average molecular weight is 340 g/mol. The molecule has 1 atom stereocenters. The Morgan fingerprint density at radius 1 is 1.33 bits per heavy atom. The standard InChI is InChI=1S/C17H25FN2O4/c18-17(12-23-11-15-10-22-7-8-24-15)4-1-13(2-5-17)16-19-6-3-14(9-21)20-16/h3,6,13,15,21H,1-2,4-5,7-12H2/t13?,15-,17?/m0/s1. The summed E-state index contributed by atoms with van der Waals surface area (Å²) in [6, 6.07) is 1.69. The summed E-state index contributed by atoms with van der Waals surface area (Å²) in [5.41, 5.74) is -0.684. The number of alkyl halides is 1. The number of hydrogen-bond donors (Lipinski definition) is 1. The summed E-state index contributed by atoms with van der Waals surface area (Å²) in [6.07, 6.45) is 3.82. The van der Waals surface area contributed by atoms with Crippen LogP contribution < -0.4 is 0 Å². The van der Waals surface area contributed by atoms with Gasteiger partial charge < -0.3 is 19.3 Å². The lowest BCUT2D eigenvalue weighted by Crippen LogP contribution is -2.37. The number of aromatic nitrogens is 2. The monoisotopic (exact) mass is 340 g/mol. The van der Waals surface area contributed by atoms with Crippen LogP contribution in [0.1, 0.15) is 43.1 Å². The molecule has 134 valence electrons. The van der Waals surface area contributed by atoms with E-state index in [1.54, 1.807) is 12.3 Å². The molecule has 1 aromatic heterocycles. The molecule has 1 N–H and O–H groups in total. The van der Waals surface area contributed by atoms with E-state index in [0.717, 1.165) is 0 Å². The first-order valence-electron chi connectivity index (χ1n) is 8.57. The van der Waals surface area contributed by atoms with Crippen molar-refractivity contribution in [3.05, 3.63) is 23.8 Å². The van der Waals surface area contributed by atoms with Gasteiger partial charge in [0.25, 0.3) is 0 Å². The molecule has 24 heavy (non-hydrogen) atoms. The van der Waals surface area contributed by atoms with E-state index in [0.29, 0.717) is 63.6 Å². The van der Waals surface area contributed by atoms with E-state index >= 15 is 0 Å². The van der Waals surface area contributed by atoms with Crippen LogP contribution in [0.2, 0.25) is 0 Å². The van der Waals surface area contributed by atoms with Crippen molar-refractivity contribution >= 4 is 0 Å².